The summed E-state index contributed by atoms with van der Waals surface area (Å²) in [5, 5.41) is 11.7. The molecular formula is C10H22BrNO3Si. The maximum atomic E-state index is 10.4. The van der Waals surface area contributed by atoms with Crippen molar-refractivity contribution in [3.63, 3.8) is 0 Å². The molecule has 1 amide bonds. The summed E-state index contributed by atoms with van der Waals surface area (Å²) in [5.41, 5.74) is 0. The normalized spacial score (nSPS) is 14.6. The Balaban J connectivity index is 4.36. The number of carboxylic acid groups (broad SMARTS) is 1. The summed E-state index contributed by atoms with van der Waals surface area (Å²) < 4.78 is 6.07. The average molecular weight is 312 g/mol. The van der Waals surface area contributed by atoms with Gasteiger partial charge in [0.1, 0.15) is 0 Å². The molecule has 0 aliphatic carbocycles. The largest absolute Gasteiger partial charge is 0.465 e. The van der Waals surface area contributed by atoms with Crippen LogP contribution in [-0.2, 0) is 4.43 Å². The van der Waals surface area contributed by atoms with E-state index in [-0.39, 0.29) is 11.1 Å². The van der Waals surface area contributed by atoms with Crippen molar-refractivity contribution in [2.75, 3.05) is 11.9 Å². The molecule has 0 aromatic heterocycles. The quantitative estimate of drug-likeness (QED) is 0.606. The van der Waals surface area contributed by atoms with Crippen molar-refractivity contribution < 1.29 is 14.3 Å². The maximum Gasteiger partial charge on any atom is 0.404 e. The van der Waals surface area contributed by atoms with E-state index in [1.807, 2.05) is 0 Å². The first-order chi connectivity index (χ1) is 7.10. The third-order valence-electron chi connectivity index (χ3n) is 2.92. The van der Waals surface area contributed by atoms with Gasteiger partial charge in [0.05, 0.1) is 6.10 Å². The summed E-state index contributed by atoms with van der Waals surface area (Å²) in [6.45, 7) is 11.1. The van der Waals surface area contributed by atoms with Gasteiger partial charge in [0.2, 0.25) is 0 Å². The van der Waals surface area contributed by atoms with E-state index in [0.717, 1.165) is 0 Å². The first kappa shape index (κ1) is 15.9. The molecule has 0 radical (unpaired) electrons. The number of nitrogens with one attached hydrogen (secondary N) is 1. The lowest BCUT2D eigenvalue weighted by atomic mass is 10.2. The molecule has 1 atom stereocenters. The van der Waals surface area contributed by atoms with Gasteiger partial charge in [0.15, 0.2) is 8.32 Å². The van der Waals surface area contributed by atoms with Crippen LogP contribution in [0.25, 0.3) is 0 Å². The Morgan fingerprint density at radius 3 is 2.31 bits per heavy atom. The highest BCUT2D eigenvalue weighted by Crippen LogP contribution is 2.37. The Hall–Kier alpha value is -0.0731. The van der Waals surface area contributed by atoms with E-state index < -0.39 is 14.4 Å². The van der Waals surface area contributed by atoms with Gasteiger partial charge < -0.3 is 14.8 Å². The van der Waals surface area contributed by atoms with Crippen LogP contribution in [0.1, 0.15) is 20.8 Å². The highest BCUT2D eigenvalue weighted by Gasteiger charge is 2.38. The molecule has 0 aromatic rings. The Labute approximate surface area is 107 Å². The molecule has 0 heterocycles. The predicted molar refractivity (Wildman–Crippen MR) is 71.9 cm³/mol. The molecule has 0 bridgehead atoms. The Kier molecular flexibility index (Phi) is 5.99. The fraction of sp³-hybridized carbons (Fsp3) is 0.900. The molecular weight excluding hydrogens is 290 g/mol. The number of carbonyl (C=O) groups is 1. The van der Waals surface area contributed by atoms with Crippen molar-refractivity contribution in [2.24, 2.45) is 0 Å². The van der Waals surface area contributed by atoms with Gasteiger partial charge in [-0.25, -0.2) is 4.79 Å². The van der Waals surface area contributed by atoms with Gasteiger partial charge in [-0.15, -0.1) is 0 Å². The van der Waals surface area contributed by atoms with Crippen molar-refractivity contribution in [1.82, 2.24) is 5.32 Å². The second-order valence-electron chi connectivity index (χ2n) is 5.34. The van der Waals surface area contributed by atoms with E-state index in [0.29, 0.717) is 11.9 Å². The molecule has 0 saturated carbocycles. The summed E-state index contributed by atoms with van der Waals surface area (Å²) in [7, 11) is -1.82. The topological polar surface area (TPSA) is 58.6 Å². The van der Waals surface area contributed by atoms with Gasteiger partial charge in [-0.05, 0) is 18.1 Å². The van der Waals surface area contributed by atoms with Crippen molar-refractivity contribution in [3.05, 3.63) is 0 Å². The van der Waals surface area contributed by atoms with E-state index in [1.54, 1.807) is 0 Å². The molecule has 0 aliphatic rings. The van der Waals surface area contributed by atoms with Crippen molar-refractivity contribution in [2.45, 2.75) is 45.0 Å². The molecule has 0 unspecified atom stereocenters. The molecule has 0 saturated heterocycles. The molecule has 0 rings (SSSR count). The van der Waals surface area contributed by atoms with Crippen LogP contribution in [0, 0.1) is 0 Å². The first-order valence-corrected chi connectivity index (χ1v) is 9.33. The van der Waals surface area contributed by atoms with Crippen LogP contribution in [-0.4, -0.2) is 37.5 Å². The molecule has 0 aromatic carbocycles. The monoisotopic (exact) mass is 311 g/mol. The van der Waals surface area contributed by atoms with E-state index in [9.17, 15) is 4.79 Å². The lowest BCUT2D eigenvalue weighted by Gasteiger charge is -2.38. The van der Waals surface area contributed by atoms with Gasteiger partial charge in [-0.3, -0.25) is 0 Å². The van der Waals surface area contributed by atoms with Gasteiger partial charge in [0.25, 0.3) is 0 Å². The fourth-order valence-corrected chi connectivity index (χ4v) is 2.88. The zero-order valence-corrected chi connectivity index (χ0v) is 13.2. The number of hydrogen-bond acceptors (Lipinski definition) is 2. The SMILES string of the molecule is CC(C)(C)[Si](C)(C)O[C@H](CBr)CNC(=O)O. The third kappa shape index (κ3) is 5.31. The van der Waals surface area contributed by atoms with E-state index >= 15 is 0 Å². The fourth-order valence-electron chi connectivity index (χ4n) is 0.922. The van der Waals surface area contributed by atoms with Gasteiger partial charge in [-0.2, -0.15) is 0 Å². The van der Waals surface area contributed by atoms with E-state index in [1.165, 1.54) is 0 Å². The smallest absolute Gasteiger partial charge is 0.404 e. The minimum atomic E-state index is -1.82. The molecule has 6 heteroatoms. The minimum Gasteiger partial charge on any atom is -0.465 e. The maximum absolute atomic E-state index is 10.4. The van der Waals surface area contributed by atoms with E-state index in [4.69, 9.17) is 9.53 Å². The van der Waals surface area contributed by atoms with Crippen LogP contribution in [0.15, 0.2) is 0 Å². The van der Waals surface area contributed by atoms with Gasteiger partial charge in [-0.1, -0.05) is 36.7 Å². The predicted octanol–water partition coefficient (Wildman–Crippen LogP) is 3.04. The molecule has 2 N–H and O–H groups in total. The molecule has 96 valence electrons. The highest BCUT2D eigenvalue weighted by molar-refractivity contribution is 9.09. The number of amides is 1. The van der Waals surface area contributed by atoms with Crippen LogP contribution in [0.5, 0.6) is 0 Å². The van der Waals surface area contributed by atoms with Gasteiger partial charge in [0, 0.05) is 11.9 Å². The lowest BCUT2D eigenvalue weighted by molar-refractivity contribution is 0.173. The third-order valence-corrected chi connectivity index (χ3v) is 8.18. The van der Waals surface area contributed by atoms with Crippen LogP contribution in [0.2, 0.25) is 18.1 Å². The first-order valence-electron chi connectivity index (χ1n) is 5.30. The second-order valence-corrected chi connectivity index (χ2v) is 10.7. The lowest BCUT2D eigenvalue weighted by Crippen LogP contribution is -2.47. The van der Waals surface area contributed by atoms with E-state index in [2.05, 4.69) is 55.1 Å². The van der Waals surface area contributed by atoms with Crippen LogP contribution < -0.4 is 5.32 Å². The minimum absolute atomic E-state index is 0.100. The number of alkyl halides is 1. The van der Waals surface area contributed by atoms with Gasteiger partial charge >= 0.3 is 6.09 Å². The zero-order chi connectivity index (χ0) is 13.0. The van der Waals surface area contributed by atoms with Crippen molar-refractivity contribution in [3.8, 4) is 0 Å². The summed E-state index contributed by atoms with van der Waals surface area (Å²) in [6, 6.07) is 0. The Morgan fingerprint density at radius 1 is 1.50 bits per heavy atom. The molecule has 16 heavy (non-hydrogen) atoms. The van der Waals surface area contributed by atoms with Crippen molar-refractivity contribution >= 4 is 30.3 Å². The Morgan fingerprint density at radius 2 is 2.00 bits per heavy atom. The van der Waals surface area contributed by atoms with Crippen LogP contribution in [0.3, 0.4) is 0 Å². The highest BCUT2D eigenvalue weighted by atomic mass is 79.9. The molecule has 0 fully saturated rings. The molecule has 0 spiro atoms. The van der Waals surface area contributed by atoms with Crippen molar-refractivity contribution in [1.29, 1.82) is 0 Å². The summed E-state index contributed by atoms with van der Waals surface area (Å²) in [4.78, 5) is 10.4. The second kappa shape index (κ2) is 6.02. The number of hydrogen-bond donors (Lipinski definition) is 2. The summed E-state index contributed by atoms with van der Waals surface area (Å²) in [5.74, 6) is 0. The average Bonchev–Trinajstić information content (AvgIpc) is 2.09. The number of halogens is 1. The Bertz CT molecular complexity index is 241. The summed E-state index contributed by atoms with van der Waals surface area (Å²) >= 11 is 3.35. The van der Waals surface area contributed by atoms with Crippen LogP contribution in [0.4, 0.5) is 4.79 Å². The molecule has 4 nitrogen and oxygen atoms in total. The van der Waals surface area contributed by atoms with Crippen LogP contribution >= 0.6 is 15.9 Å². The number of rotatable bonds is 5. The summed E-state index contributed by atoms with van der Waals surface area (Å²) in [6.07, 6.45) is -1.11. The molecule has 0 aliphatic heterocycles. The standard InChI is InChI=1S/C10H22BrNO3Si/c1-10(2,3)16(4,5)15-8(6-11)7-12-9(13)14/h8,12H,6-7H2,1-5H3,(H,13,14)/t8-/m1/s1. The zero-order valence-electron chi connectivity index (χ0n) is 10.6.